The summed E-state index contributed by atoms with van der Waals surface area (Å²) < 4.78 is 0. The van der Waals surface area contributed by atoms with Gasteiger partial charge in [-0.2, -0.15) is 11.8 Å². The molecule has 0 saturated heterocycles. The van der Waals surface area contributed by atoms with E-state index in [0.717, 1.165) is 24.3 Å². The first-order valence-corrected chi connectivity index (χ1v) is 6.43. The van der Waals surface area contributed by atoms with Crippen LogP contribution in [0, 0.1) is 0 Å². The van der Waals surface area contributed by atoms with Gasteiger partial charge in [0.05, 0.1) is 0 Å². The summed E-state index contributed by atoms with van der Waals surface area (Å²) in [6.07, 6.45) is 2.44. The molecule has 1 amide bonds. The summed E-state index contributed by atoms with van der Waals surface area (Å²) in [5.74, 6) is 2.26. The number of amides is 1. The first kappa shape index (κ1) is 13.8. The van der Waals surface area contributed by atoms with Gasteiger partial charge in [-0.3, -0.25) is 4.79 Å². The molecule has 0 radical (unpaired) electrons. The van der Waals surface area contributed by atoms with Crippen LogP contribution in [-0.4, -0.2) is 30.0 Å². The minimum atomic E-state index is 0.155. The highest BCUT2D eigenvalue weighted by Gasteiger charge is 2.05. The predicted octanol–water partition coefficient (Wildman–Crippen LogP) is 1.37. The van der Waals surface area contributed by atoms with Crippen LogP contribution in [0.25, 0.3) is 0 Å². The van der Waals surface area contributed by atoms with E-state index in [9.17, 15) is 4.79 Å². The van der Waals surface area contributed by atoms with Crippen LogP contribution < -0.4 is 11.1 Å². The van der Waals surface area contributed by atoms with E-state index in [-0.39, 0.29) is 11.9 Å². The van der Waals surface area contributed by atoms with Gasteiger partial charge in [-0.25, -0.2) is 0 Å². The molecule has 0 aliphatic rings. The van der Waals surface area contributed by atoms with E-state index in [1.807, 2.05) is 18.7 Å². The van der Waals surface area contributed by atoms with Crippen molar-refractivity contribution in [1.29, 1.82) is 0 Å². The zero-order valence-electron chi connectivity index (χ0n) is 9.21. The molecule has 1 unspecified atom stereocenters. The fourth-order valence-corrected chi connectivity index (χ4v) is 1.79. The molecule has 14 heavy (non-hydrogen) atoms. The monoisotopic (exact) mass is 218 g/mol. The average molecular weight is 218 g/mol. The molecule has 0 heterocycles. The summed E-state index contributed by atoms with van der Waals surface area (Å²) in [4.78, 5) is 11.3. The van der Waals surface area contributed by atoms with Gasteiger partial charge in [0.15, 0.2) is 0 Å². The average Bonchev–Trinajstić information content (AvgIpc) is 2.15. The third-order valence-electron chi connectivity index (χ3n) is 1.84. The number of rotatable bonds is 8. The van der Waals surface area contributed by atoms with Crippen LogP contribution in [0.1, 0.15) is 33.1 Å². The van der Waals surface area contributed by atoms with Crippen LogP contribution in [-0.2, 0) is 4.79 Å². The summed E-state index contributed by atoms with van der Waals surface area (Å²) in [7, 11) is 0. The molecule has 0 aromatic heterocycles. The van der Waals surface area contributed by atoms with Crippen molar-refractivity contribution >= 4 is 17.7 Å². The van der Waals surface area contributed by atoms with Crippen LogP contribution in [0.15, 0.2) is 0 Å². The minimum Gasteiger partial charge on any atom is -0.353 e. The van der Waals surface area contributed by atoms with E-state index in [4.69, 9.17) is 5.73 Å². The smallest absolute Gasteiger partial charge is 0.220 e. The molecule has 0 spiro atoms. The zero-order chi connectivity index (χ0) is 10.8. The van der Waals surface area contributed by atoms with Gasteiger partial charge < -0.3 is 11.1 Å². The summed E-state index contributed by atoms with van der Waals surface area (Å²) in [5.41, 5.74) is 5.35. The van der Waals surface area contributed by atoms with Crippen molar-refractivity contribution < 1.29 is 4.79 Å². The summed E-state index contributed by atoms with van der Waals surface area (Å²) in [5, 5.41) is 2.97. The molecule has 3 nitrogen and oxygen atoms in total. The molecule has 84 valence electrons. The summed E-state index contributed by atoms with van der Waals surface area (Å²) >= 11 is 1.85. The van der Waals surface area contributed by atoms with E-state index >= 15 is 0 Å². The summed E-state index contributed by atoms with van der Waals surface area (Å²) in [6, 6.07) is 0.283. The molecule has 0 aromatic carbocycles. The van der Waals surface area contributed by atoms with E-state index in [0.29, 0.717) is 13.0 Å². The second-order valence-corrected chi connectivity index (χ2v) is 4.69. The Bertz CT molecular complexity index is 153. The SMILES string of the molecule is CCSCC(C)NC(=O)CCCCN. The normalized spacial score (nSPS) is 12.5. The Morgan fingerprint density at radius 3 is 2.79 bits per heavy atom. The largest absolute Gasteiger partial charge is 0.353 e. The fraction of sp³-hybridized carbons (Fsp3) is 0.900. The van der Waals surface area contributed by atoms with Gasteiger partial charge in [-0.05, 0) is 32.1 Å². The van der Waals surface area contributed by atoms with Crippen LogP contribution in [0.2, 0.25) is 0 Å². The number of unbranched alkanes of at least 4 members (excludes halogenated alkanes) is 1. The highest BCUT2D eigenvalue weighted by atomic mass is 32.2. The minimum absolute atomic E-state index is 0.155. The van der Waals surface area contributed by atoms with E-state index < -0.39 is 0 Å². The molecule has 4 heteroatoms. The predicted molar refractivity (Wildman–Crippen MR) is 63.5 cm³/mol. The number of carbonyl (C=O) groups is 1. The first-order chi connectivity index (χ1) is 6.70. The van der Waals surface area contributed by atoms with Gasteiger partial charge in [0.1, 0.15) is 0 Å². The van der Waals surface area contributed by atoms with Gasteiger partial charge in [0.25, 0.3) is 0 Å². The van der Waals surface area contributed by atoms with Crippen molar-refractivity contribution in [3.05, 3.63) is 0 Å². The summed E-state index contributed by atoms with van der Waals surface area (Å²) in [6.45, 7) is 4.85. The second kappa shape index (κ2) is 9.34. The van der Waals surface area contributed by atoms with Gasteiger partial charge in [0, 0.05) is 18.2 Å². The lowest BCUT2D eigenvalue weighted by Gasteiger charge is -2.12. The highest BCUT2D eigenvalue weighted by molar-refractivity contribution is 7.99. The van der Waals surface area contributed by atoms with Gasteiger partial charge in [-0.15, -0.1) is 0 Å². The number of hydrogen-bond acceptors (Lipinski definition) is 3. The molecular formula is C10H22N2OS. The van der Waals surface area contributed by atoms with Crippen molar-refractivity contribution in [3.8, 4) is 0 Å². The molecule has 3 N–H and O–H groups in total. The van der Waals surface area contributed by atoms with E-state index in [1.54, 1.807) is 0 Å². The van der Waals surface area contributed by atoms with E-state index in [2.05, 4.69) is 12.2 Å². The molecular weight excluding hydrogens is 196 g/mol. The number of nitrogens with one attached hydrogen (secondary N) is 1. The molecule has 0 aromatic rings. The van der Waals surface area contributed by atoms with Crippen LogP contribution in [0.5, 0.6) is 0 Å². The molecule has 0 aliphatic carbocycles. The van der Waals surface area contributed by atoms with Crippen molar-refractivity contribution in [1.82, 2.24) is 5.32 Å². The standard InChI is InChI=1S/C10H22N2OS/c1-3-14-8-9(2)12-10(13)6-4-5-7-11/h9H,3-8,11H2,1-2H3,(H,12,13). The fourth-order valence-electron chi connectivity index (χ4n) is 1.11. The van der Waals surface area contributed by atoms with Crippen molar-refractivity contribution in [2.45, 2.75) is 39.2 Å². The number of thioether (sulfide) groups is 1. The van der Waals surface area contributed by atoms with Crippen molar-refractivity contribution in [2.24, 2.45) is 5.73 Å². The first-order valence-electron chi connectivity index (χ1n) is 5.27. The number of carbonyl (C=O) groups excluding carboxylic acids is 1. The van der Waals surface area contributed by atoms with Crippen LogP contribution in [0.4, 0.5) is 0 Å². The number of hydrogen-bond donors (Lipinski definition) is 2. The Morgan fingerprint density at radius 2 is 2.21 bits per heavy atom. The number of nitrogens with two attached hydrogens (primary N) is 1. The Kier molecular flexibility index (Phi) is 9.19. The second-order valence-electron chi connectivity index (χ2n) is 3.37. The lowest BCUT2D eigenvalue weighted by Crippen LogP contribution is -2.34. The maximum atomic E-state index is 11.3. The van der Waals surface area contributed by atoms with Gasteiger partial charge >= 0.3 is 0 Å². The Hall–Kier alpha value is -0.220. The van der Waals surface area contributed by atoms with E-state index in [1.165, 1.54) is 0 Å². The molecule has 0 rings (SSSR count). The highest BCUT2D eigenvalue weighted by Crippen LogP contribution is 2.02. The quantitative estimate of drug-likeness (QED) is 0.605. The molecule has 0 bridgehead atoms. The molecule has 0 aliphatic heterocycles. The Labute approximate surface area is 91.2 Å². The van der Waals surface area contributed by atoms with Crippen molar-refractivity contribution in [2.75, 3.05) is 18.1 Å². The zero-order valence-corrected chi connectivity index (χ0v) is 10.0. The third-order valence-corrected chi connectivity index (χ3v) is 2.98. The van der Waals surface area contributed by atoms with Gasteiger partial charge in [-0.1, -0.05) is 6.92 Å². The molecule has 0 fully saturated rings. The topological polar surface area (TPSA) is 55.1 Å². The maximum absolute atomic E-state index is 11.3. The van der Waals surface area contributed by atoms with Crippen LogP contribution >= 0.6 is 11.8 Å². The van der Waals surface area contributed by atoms with Crippen LogP contribution in [0.3, 0.4) is 0 Å². The lowest BCUT2D eigenvalue weighted by atomic mass is 10.2. The Morgan fingerprint density at radius 1 is 1.50 bits per heavy atom. The molecule has 1 atom stereocenters. The van der Waals surface area contributed by atoms with Crippen molar-refractivity contribution in [3.63, 3.8) is 0 Å². The third kappa shape index (κ3) is 8.38. The van der Waals surface area contributed by atoms with Gasteiger partial charge in [0.2, 0.25) is 5.91 Å². The molecule has 0 saturated carbocycles. The lowest BCUT2D eigenvalue weighted by molar-refractivity contribution is -0.121. The maximum Gasteiger partial charge on any atom is 0.220 e. The Balaban J connectivity index is 3.40.